The largest absolute Gasteiger partial charge is 0.488 e. The summed E-state index contributed by atoms with van der Waals surface area (Å²) >= 11 is 12.5. The van der Waals surface area contributed by atoms with E-state index < -0.39 is 0 Å². The van der Waals surface area contributed by atoms with E-state index in [9.17, 15) is 4.79 Å². The average molecular weight is 482 g/mol. The zero-order valence-electron chi connectivity index (χ0n) is 18.8. The van der Waals surface area contributed by atoms with Gasteiger partial charge in [-0.15, -0.1) is 0 Å². The van der Waals surface area contributed by atoms with Gasteiger partial charge in [0.2, 0.25) is 5.78 Å². The standard InChI is InChI=1S/C27H25Cl2NO3/c1-4-30(5-2)19-11-9-18(10-12-19)15-25-26(31)20-13-14-24(17(3)27(20)33-25)32-16-21-22(28)7-6-8-23(21)29/h6-15H,4-5,16H2,1-3H3/b25-15-. The molecule has 33 heavy (non-hydrogen) atoms. The number of anilines is 1. The van der Waals surface area contributed by atoms with Crippen molar-refractivity contribution in [2.24, 2.45) is 0 Å². The SMILES string of the molecule is CCN(CC)c1ccc(/C=C2\Oc3c(ccc(OCc4c(Cl)cccc4Cl)c3C)C2=O)cc1. The van der Waals surface area contributed by atoms with Crippen LogP contribution in [0.2, 0.25) is 10.0 Å². The Kier molecular flexibility index (Phi) is 6.96. The molecule has 0 bridgehead atoms. The highest BCUT2D eigenvalue weighted by Crippen LogP contribution is 2.40. The van der Waals surface area contributed by atoms with Crippen LogP contribution in [-0.4, -0.2) is 18.9 Å². The van der Waals surface area contributed by atoms with Crippen molar-refractivity contribution >= 4 is 40.7 Å². The molecule has 4 nitrogen and oxygen atoms in total. The Morgan fingerprint density at radius 1 is 0.970 bits per heavy atom. The molecule has 6 heteroatoms. The lowest BCUT2D eigenvalue weighted by atomic mass is 10.1. The van der Waals surface area contributed by atoms with Crippen LogP contribution in [0.4, 0.5) is 5.69 Å². The number of ketones is 1. The van der Waals surface area contributed by atoms with Crippen molar-refractivity contribution in [3.8, 4) is 11.5 Å². The Morgan fingerprint density at radius 3 is 2.27 bits per heavy atom. The lowest BCUT2D eigenvalue weighted by Crippen LogP contribution is -2.21. The van der Waals surface area contributed by atoms with Gasteiger partial charge in [-0.1, -0.05) is 41.4 Å². The molecule has 0 saturated carbocycles. The number of carbonyl (C=O) groups excluding carboxylic acids is 1. The highest BCUT2D eigenvalue weighted by molar-refractivity contribution is 6.35. The lowest BCUT2D eigenvalue weighted by molar-refractivity contribution is 0.101. The summed E-state index contributed by atoms with van der Waals surface area (Å²) in [5.41, 5.74) is 4.06. The molecule has 1 aliphatic rings. The zero-order chi connectivity index (χ0) is 23.5. The van der Waals surface area contributed by atoms with Crippen LogP contribution in [0.1, 0.15) is 40.9 Å². The lowest BCUT2D eigenvalue weighted by Gasteiger charge is -2.20. The van der Waals surface area contributed by atoms with Gasteiger partial charge in [-0.25, -0.2) is 0 Å². The zero-order valence-corrected chi connectivity index (χ0v) is 20.3. The number of rotatable bonds is 7. The first-order valence-corrected chi connectivity index (χ1v) is 11.7. The number of allylic oxidation sites excluding steroid dienone is 1. The smallest absolute Gasteiger partial charge is 0.231 e. The molecule has 0 spiro atoms. The quantitative estimate of drug-likeness (QED) is 0.330. The van der Waals surface area contributed by atoms with Crippen molar-refractivity contribution in [2.45, 2.75) is 27.4 Å². The fourth-order valence-electron chi connectivity index (χ4n) is 3.87. The Hall–Kier alpha value is -2.95. The Morgan fingerprint density at radius 2 is 1.64 bits per heavy atom. The predicted molar refractivity (Wildman–Crippen MR) is 135 cm³/mol. The minimum absolute atomic E-state index is 0.137. The summed E-state index contributed by atoms with van der Waals surface area (Å²) in [5, 5.41) is 1.09. The number of fused-ring (bicyclic) bond motifs is 1. The normalized spacial score (nSPS) is 13.7. The molecule has 1 heterocycles. The van der Waals surface area contributed by atoms with Gasteiger partial charge in [0, 0.05) is 39.9 Å². The molecule has 0 N–H and O–H groups in total. The van der Waals surface area contributed by atoms with Gasteiger partial charge in [0.15, 0.2) is 5.76 Å². The average Bonchev–Trinajstić information content (AvgIpc) is 3.13. The van der Waals surface area contributed by atoms with Gasteiger partial charge >= 0.3 is 0 Å². The van der Waals surface area contributed by atoms with E-state index in [2.05, 4.69) is 30.9 Å². The molecule has 3 aromatic carbocycles. The van der Waals surface area contributed by atoms with Crippen molar-refractivity contribution in [1.82, 2.24) is 0 Å². The van der Waals surface area contributed by atoms with Gasteiger partial charge in [0.1, 0.15) is 18.1 Å². The summed E-state index contributed by atoms with van der Waals surface area (Å²) in [6.45, 7) is 8.24. The Balaban J connectivity index is 1.54. The van der Waals surface area contributed by atoms with Crippen LogP contribution >= 0.6 is 23.2 Å². The third-order valence-electron chi connectivity index (χ3n) is 5.79. The van der Waals surface area contributed by atoms with Gasteiger partial charge in [-0.05, 0) is 68.8 Å². The van der Waals surface area contributed by atoms with E-state index in [-0.39, 0.29) is 12.4 Å². The molecular weight excluding hydrogens is 457 g/mol. The Bertz CT molecular complexity index is 1190. The van der Waals surface area contributed by atoms with Gasteiger partial charge < -0.3 is 14.4 Å². The molecule has 0 saturated heterocycles. The maximum Gasteiger partial charge on any atom is 0.231 e. The van der Waals surface area contributed by atoms with E-state index in [0.29, 0.717) is 38.4 Å². The van der Waals surface area contributed by atoms with E-state index >= 15 is 0 Å². The van der Waals surface area contributed by atoms with Crippen LogP contribution in [0.3, 0.4) is 0 Å². The van der Waals surface area contributed by atoms with Crippen LogP contribution in [0, 0.1) is 6.92 Å². The minimum atomic E-state index is -0.137. The second-order valence-corrected chi connectivity index (χ2v) is 8.57. The van der Waals surface area contributed by atoms with Gasteiger partial charge in [0.05, 0.1) is 5.56 Å². The number of benzene rings is 3. The highest BCUT2D eigenvalue weighted by atomic mass is 35.5. The van der Waals surface area contributed by atoms with Crippen LogP contribution in [-0.2, 0) is 6.61 Å². The first-order valence-electron chi connectivity index (χ1n) is 10.9. The van der Waals surface area contributed by atoms with Crippen molar-refractivity contribution in [3.63, 3.8) is 0 Å². The van der Waals surface area contributed by atoms with Gasteiger partial charge in [-0.2, -0.15) is 0 Å². The molecule has 0 atom stereocenters. The van der Waals surface area contributed by atoms with E-state index in [0.717, 1.165) is 29.9 Å². The number of ether oxygens (including phenoxy) is 2. The summed E-state index contributed by atoms with van der Waals surface area (Å²) in [4.78, 5) is 15.2. The van der Waals surface area contributed by atoms with Crippen molar-refractivity contribution in [3.05, 3.63) is 92.7 Å². The topological polar surface area (TPSA) is 38.8 Å². The van der Waals surface area contributed by atoms with Gasteiger partial charge in [-0.3, -0.25) is 4.79 Å². The van der Waals surface area contributed by atoms with Gasteiger partial charge in [0.25, 0.3) is 0 Å². The van der Waals surface area contributed by atoms with Crippen LogP contribution < -0.4 is 14.4 Å². The van der Waals surface area contributed by atoms with E-state index in [4.69, 9.17) is 32.7 Å². The second kappa shape index (κ2) is 9.90. The van der Waals surface area contributed by atoms with Crippen molar-refractivity contribution < 1.29 is 14.3 Å². The molecule has 0 aliphatic carbocycles. The fourth-order valence-corrected chi connectivity index (χ4v) is 4.37. The molecule has 4 rings (SSSR count). The number of hydrogen-bond donors (Lipinski definition) is 0. The molecule has 0 amide bonds. The van der Waals surface area contributed by atoms with E-state index in [1.807, 2.05) is 19.1 Å². The third-order valence-corrected chi connectivity index (χ3v) is 6.50. The summed E-state index contributed by atoms with van der Waals surface area (Å²) in [6, 6.07) is 17.0. The number of Topliss-reactive ketones (excluding diaryl/α,β-unsaturated/α-hetero) is 1. The summed E-state index contributed by atoms with van der Waals surface area (Å²) < 4.78 is 12.0. The first kappa shape index (κ1) is 23.2. The minimum Gasteiger partial charge on any atom is -0.488 e. The number of nitrogens with zero attached hydrogens (tertiary/aromatic N) is 1. The summed E-state index contributed by atoms with van der Waals surface area (Å²) in [6.07, 6.45) is 1.78. The maximum absolute atomic E-state index is 12.9. The molecule has 0 aromatic heterocycles. The van der Waals surface area contributed by atoms with Crippen molar-refractivity contribution in [2.75, 3.05) is 18.0 Å². The number of hydrogen-bond acceptors (Lipinski definition) is 4. The summed E-state index contributed by atoms with van der Waals surface area (Å²) in [5.74, 6) is 1.30. The maximum atomic E-state index is 12.9. The molecule has 0 fully saturated rings. The van der Waals surface area contributed by atoms with Crippen LogP contribution in [0.25, 0.3) is 6.08 Å². The Labute approximate surface area is 204 Å². The van der Waals surface area contributed by atoms with E-state index in [1.54, 1.807) is 36.4 Å². The summed E-state index contributed by atoms with van der Waals surface area (Å²) in [7, 11) is 0. The second-order valence-electron chi connectivity index (χ2n) is 7.76. The highest BCUT2D eigenvalue weighted by Gasteiger charge is 2.30. The molecule has 170 valence electrons. The molecule has 0 radical (unpaired) electrons. The van der Waals surface area contributed by atoms with Crippen LogP contribution in [0.15, 0.2) is 60.4 Å². The fraction of sp³-hybridized carbons (Fsp3) is 0.222. The molecule has 3 aromatic rings. The molecule has 1 aliphatic heterocycles. The number of halogens is 2. The van der Waals surface area contributed by atoms with Crippen LogP contribution in [0.5, 0.6) is 11.5 Å². The predicted octanol–water partition coefficient (Wildman–Crippen LogP) is 7.34. The molecular formula is C27H25Cl2NO3. The van der Waals surface area contributed by atoms with E-state index in [1.165, 1.54) is 0 Å². The third kappa shape index (κ3) is 4.73. The first-order chi connectivity index (χ1) is 15.9. The molecule has 0 unspecified atom stereocenters. The number of carbonyl (C=O) groups is 1. The van der Waals surface area contributed by atoms with Crippen molar-refractivity contribution in [1.29, 1.82) is 0 Å². The monoisotopic (exact) mass is 481 g/mol.